The summed E-state index contributed by atoms with van der Waals surface area (Å²) in [5.41, 5.74) is 5.71. The van der Waals surface area contributed by atoms with Crippen molar-refractivity contribution in [3.63, 3.8) is 0 Å². The number of rotatable bonds is 17. The van der Waals surface area contributed by atoms with Gasteiger partial charge >= 0.3 is 0 Å². The highest BCUT2D eigenvalue weighted by Gasteiger charge is 2.17. The van der Waals surface area contributed by atoms with Gasteiger partial charge < -0.3 is 15.4 Å². The van der Waals surface area contributed by atoms with Gasteiger partial charge in [0.05, 0.1) is 6.04 Å². The van der Waals surface area contributed by atoms with Gasteiger partial charge in [0.15, 0.2) is 5.78 Å². The molecular formula is C27H43N3O2S. The van der Waals surface area contributed by atoms with Gasteiger partial charge in [-0.3, -0.25) is 4.79 Å². The van der Waals surface area contributed by atoms with Crippen LogP contribution in [-0.2, 0) is 4.79 Å². The summed E-state index contributed by atoms with van der Waals surface area (Å²) < 4.78 is 0. The highest BCUT2D eigenvalue weighted by Crippen LogP contribution is 2.15. The van der Waals surface area contributed by atoms with Crippen LogP contribution >= 0.6 is 11.8 Å². The Morgan fingerprint density at radius 1 is 1.00 bits per heavy atom. The predicted octanol–water partition coefficient (Wildman–Crippen LogP) is 6.63. The SMILES string of the molecule is CC(C)=CCCC(C)=CCCC(C)=CCCC(C)=CCSCC(Nc1ncc[nH]1)C(=O)CO. The zero-order valence-electron chi connectivity index (χ0n) is 21.1. The summed E-state index contributed by atoms with van der Waals surface area (Å²) >= 11 is 1.68. The van der Waals surface area contributed by atoms with E-state index in [1.807, 2.05) is 0 Å². The summed E-state index contributed by atoms with van der Waals surface area (Å²) in [5.74, 6) is 1.76. The third kappa shape index (κ3) is 14.7. The van der Waals surface area contributed by atoms with Crippen molar-refractivity contribution >= 4 is 23.5 Å². The van der Waals surface area contributed by atoms with E-state index in [9.17, 15) is 9.90 Å². The van der Waals surface area contributed by atoms with Gasteiger partial charge in [-0.05, 0) is 73.1 Å². The van der Waals surface area contributed by atoms with Crippen molar-refractivity contribution < 1.29 is 9.90 Å². The van der Waals surface area contributed by atoms with Gasteiger partial charge in [-0.15, -0.1) is 0 Å². The maximum absolute atomic E-state index is 12.0. The van der Waals surface area contributed by atoms with Gasteiger partial charge in [0.25, 0.3) is 0 Å². The van der Waals surface area contributed by atoms with Crippen LogP contribution in [0.25, 0.3) is 0 Å². The van der Waals surface area contributed by atoms with Gasteiger partial charge in [-0.25, -0.2) is 4.98 Å². The molecule has 5 nitrogen and oxygen atoms in total. The minimum atomic E-state index is -0.468. The molecule has 0 aliphatic rings. The highest BCUT2D eigenvalue weighted by atomic mass is 32.2. The van der Waals surface area contributed by atoms with Crippen molar-refractivity contribution in [2.75, 3.05) is 23.4 Å². The lowest BCUT2D eigenvalue weighted by atomic mass is 10.0. The number of H-pyrrole nitrogens is 1. The number of aromatic nitrogens is 2. The Hall–Kier alpha value is -2.05. The maximum Gasteiger partial charge on any atom is 0.200 e. The largest absolute Gasteiger partial charge is 0.388 e. The van der Waals surface area contributed by atoms with Gasteiger partial charge in [-0.1, -0.05) is 46.6 Å². The summed E-state index contributed by atoms with van der Waals surface area (Å²) in [6.07, 6.45) is 19.3. The van der Waals surface area contributed by atoms with Crippen LogP contribution in [0, 0.1) is 0 Å². The smallest absolute Gasteiger partial charge is 0.200 e. The fourth-order valence-electron chi connectivity index (χ4n) is 3.21. The lowest BCUT2D eigenvalue weighted by Crippen LogP contribution is -2.34. The van der Waals surface area contributed by atoms with E-state index in [4.69, 9.17) is 0 Å². The molecule has 33 heavy (non-hydrogen) atoms. The van der Waals surface area contributed by atoms with Crippen LogP contribution in [0.2, 0.25) is 0 Å². The number of thioether (sulfide) groups is 1. The molecule has 184 valence electrons. The van der Waals surface area contributed by atoms with Crippen LogP contribution in [0.4, 0.5) is 5.95 Å². The minimum Gasteiger partial charge on any atom is -0.388 e. The monoisotopic (exact) mass is 473 g/mol. The first-order chi connectivity index (χ1) is 15.8. The molecule has 0 saturated heterocycles. The summed E-state index contributed by atoms with van der Waals surface area (Å²) in [6.45, 7) is 10.5. The number of nitrogens with one attached hydrogen (secondary N) is 2. The molecule has 0 spiro atoms. The van der Waals surface area contributed by atoms with Gasteiger partial charge in [-0.2, -0.15) is 11.8 Å². The number of hydrogen-bond donors (Lipinski definition) is 3. The van der Waals surface area contributed by atoms with E-state index < -0.39 is 12.6 Å². The number of imidazole rings is 1. The van der Waals surface area contributed by atoms with Crippen molar-refractivity contribution in [2.45, 2.75) is 79.2 Å². The Labute approximate surface area is 204 Å². The van der Waals surface area contributed by atoms with Gasteiger partial charge in [0, 0.05) is 23.9 Å². The lowest BCUT2D eigenvalue weighted by molar-refractivity contribution is -0.122. The summed E-state index contributed by atoms with van der Waals surface area (Å²) in [5, 5.41) is 12.3. The second kappa shape index (κ2) is 17.4. The number of nitrogens with zero attached hydrogens (tertiary/aromatic N) is 1. The molecule has 6 heteroatoms. The Morgan fingerprint density at radius 2 is 1.58 bits per heavy atom. The zero-order valence-corrected chi connectivity index (χ0v) is 21.9. The minimum absolute atomic E-state index is 0.224. The van der Waals surface area contributed by atoms with E-state index >= 15 is 0 Å². The molecule has 0 aliphatic carbocycles. The first kappa shape index (κ1) is 29.0. The van der Waals surface area contributed by atoms with E-state index in [1.165, 1.54) is 22.3 Å². The fraction of sp³-hybridized carbons (Fsp3) is 0.556. The molecule has 1 heterocycles. The number of aromatic amines is 1. The predicted molar refractivity (Wildman–Crippen MR) is 144 cm³/mol. The van der Waals surface area contributed by atoms with E-state index in [1.54, 1.807) is 24.2 Å². The Bertz CT molecular complexity index is 803. The number of ketones is 1. The molecule has 1 aromatic rings. The molecule has 0 amide bonds. The third-order valence-electron chi connectivity index (χ3n) is 5.34. The first-order valence-electron chi connectivity index (χ1n) is 11.9. The number of carbonyl (C=O) groups is 1. The molecule has 0 aromatic carbocycles. The maximum atomic E-state index is 12.0. The van der Waals surface area contributed by atoms with Gasteiger partial charge in [0.1, 0.15) is 6.61 Å². The molecule has 0 aliphatic heterocycles. The van der Waals surface area contributed by atoms with Crippen LogP contribution in [0.5, 0.6) is 0 Å². The first-order valence-corrected chi connectivity index (χ1v) is 13.0. The van der Waals surface area contributed by atoms with E-state index in [0.29, 0.717) is 11.7 Å². The number of anilines is 1. The molecule has 0 fully saturated rings. The average molecular weight is 474 g/mol. The number of aliphatic hydroxyl groups is 1. The topological polar surface area (TPSA) is 78.0 Å². The van der Waals surface area contributed by atoms with Crippen molar-refractivity contribution in [2.24, 2.45) is 0 Å². The molecule has 0 bridgehead atoms. The van der Waals surface area contributed by atoms with Crippen LogP contribution in [0.15, 0.2) is 59.0 Å². The van der Waals surface area contributed by atoms with Gasteiger partial charge in [0.2, 0.25) is 5.95 Å². The standard InChI is InChI=1S/C27H43N3O2S/c1-21(2)9-6-10-22(3)11-7-12-23(4)13-8-14-24(5)15-18-33-20-25(26(32)19-31)30-27-28-16-17-29-27/h9,11,13,15-17,25,31H,6-8,10,12,14,18-20H2,1-5H3,(H2,28,29,30). The molecule has 0 saturated carbocycles. The molecule has 1 rings (SSSR count). The van der Waals surface area contributed by atoms with Crippen molar-refractivity contribution in [3.05, 3.63) is 59.0 Å². The average Bonchev–Trinajstić information content (AvgIpc) is 3.28. The van der Waals surface area contributed by atoms with Crippen LogP contribution < -0.4 is 5.32 Å². The van der Waals surface area contributed by atoms with Crippen LogP contribution in [-0.4, -0.2) is 45.0 Å². The fourth-order valence-corrected chi connectivity index (χ4v) is 4.25. The number of hydrogen-bond acceptors (Lipinski definition) is 5. The van der Waals surface area contributed by atoms with E-state index in [2.05, 4.69) is 74.2 Å². The number of aliphatic hydroxyl groups excluding tert-OH is 1. The quantitative estimate of drug-likeness (QED) is 0.175. The molecule has 0 radical (unpaired) electrons. The van der Waals surface area contributed by atoms with E-state index in [0.717, 1.165) is 44.3 Å². The van der Waals surface area contributed by atoms with Crippen LogP contribution in [0.3, 0.4) is 0 Å². The lowest BCUT2D eigenvalue weighted by Gasteiger charge is -2.15. The molecule has 3 N–H and O–H groups in total. The Morgan fingerprint density at radius 3 is 2.09 bits per heavy atom. The summed E-state index contributed by atoms with van der Waals surface area (Å²) in [6, 6.07) is -0.449. The van der Waals surface area contributed by atoms with Crippen molar-refractivity contribution in [1.29, 1.82) is 0 Å². The number of Topliss-reactive ketones (excluding diaryl/α,β-unsaturated/α-hetero) is 1. The normalized spacial score (nSPS) is 13.7. The third-order valence-corrected chi connectivity index (χ3v) is 6.31. The molecule has 1 aromatic heterocycles. The zero-order chi connectivity index (χ0) is 24.5. The van der Waals surface area contributed by atoms with Crippen molar-refractivity contribution in [3.8, 4) is 0 Å². The summed E-state index contributed by atoms with van der Waals surface area (Å²) in [7, 11) is 0. The second-order valence-electron chi connectivity index (χ2n) is 8.85. The molecular weight excluding hydrogens is 430 g/mol. The number of carbonyl (C=O) groups excluding carboxylic acids is 1. The molecule has 1 unspecified atom stereocenters. The molecule has 1 atom stereocenters. The summed E-state index contributed by atoms with van der Waals surface area (Å²) in [4.78, 5) is 19.0. The Balaban J connectivity index is 2.28. The highest BCUT2D eigenvalue weighted by molar-refractivity contribution is 7.99. The van der Waals surface area contributed by atoms with Crippen molar-refractivity contribution in [1.82, 2.24) is 9.97 Å². The Kier molecular flexibility index (Phi) is 15.3. The van der Waals surface area contributed by atoms with E-state index in [-0.39, 0.29) is 5.78 Å². The van der Waals surface area contributed by atoms with Crippen LogP contribution in [0.1, 0.15) is 73.1 Å². The second-order valence-corrected chi connectivity index (χ2v) is 9.92. The number of allylic oxidation sites excluding steroid dienone is 7.